The lowest BCUT2D eigenvalue weighted by Gasteiger charge is -2.15. The van der Waals surface area contributed by atoms with Gasteiger partial charge in [0, 0.05) is 6.54 Å². The molecule has 0 aromatic heterocycles. The molecule has 0 bridgehead atoms. The van der Waals surface area contributed by atoms with Gasteiger partial charge >= 0.3 is 5.97 Å². The van der Waals surface area contributed by atoms with Crippen molar-refractivity contribution in [2.24, 2.45) is 5.73 Å². The highest BCUT2D eigenvalue weighted by Gasteiger charge is 2.20. The van der Waals surface area contributed by atoms with Crippen molar-refractivity contribution in [2.75, 3.05) is 27.4 Å². The second-order valence-electron chi connectivity index (χ2n) is 6.56. The van der Waals surface area contributed by atoms with E-state index in [0.717, 1.165) is 11.3 Å². The van der Waals surface area contributed by atoms with Gasteiger partial charge in [0.05, 0.1) is 19.8 Å². The fourth-order valence-corrected chi connectivity index (χ4v) is 2.61. The highest BCUT2D eigenvalue weighted by molar-refractivity contribution is 5.92. The van der Waals surface area contributed by atoms with Crippen molar-refractivity contribution in [2.45, 2.75) is 19.4 Å². The highest BCUT2D eigenvalue weighted by Crippen LogP contribution is 2.28. The SMILES string of the molecule is COc1ccc(CCNC(=O)C(C)OC(=O)c2ccc(OCC(N)=O)c(OC)c2)cc1. The van der Waals surface area contributed by atoms with Crippen molar-refractivity contribution in [3.63, 3.8) is 0 Å². The second kappa shape index (κ2) is 11.4. The molecule has 2 rings (SSSR count). The molecule has 9 nitrogen and oxygen atoms in total. The van der Waals surface area contributed by atoms with Gasteiger partial charge in [-0.1, -0.05) is 12.1 Å². The van der Waals surface area contributed by atoms with Crippen molar-refractivity contribution in [1.29, 1.82) is 0 Å². The quantitative estimate of drug-likeness (QED) is 0.517. The fraction of sp³-hybridized carbons (Fsp3) is 0.318. The summed E-state index contributed by atoms with van der Waals surface area (Å²) in [6.45, 7) is 1.56. The minimum Gasteiger partial charge on any atom is -0.497 e. The predicted molar refractivity (Wildman–Crippen MR) is 112 cm³/mol. The first kappa shape index (κ1) is 23.5. The Morgan fingerprint density at radius 2 is 1.71 bits per heavy atom. The van der Waals surface area contributed by atoms with Crippen LogP contribution in [0.15, 0.2) is 42.5 Å². The van der Waals surface area contributed by atoms with Gasteiger partial charge in [0.2, 0.25) is 0 Å². The summed E-state index contributed by atoms with van der Waals surface area (Å²) >= 11 is 0. The molecule has 0 saturated heterocycles. The number of carbonyl (C=O) groups is 3. The minimum absolute atomic E-state index is 0.168. The zero-order chi connectivity index (χ0) is 22.8. The molecule has 0 aliphatic rings. The molecule has 0 radical (unpaired) electrons. The van der Waals surface area contributed by atoms with Gasteiger partial charge in [-0.15, -0.1) is 0 Å². The highest BCUT2D eigenvalue weighted by atomic mass is 16.5. The molecule has 1 unspecified atom stereocenters. The van der Waals surface area contributed by atoms with Gasteiger partial charge in [-0.25, -0.2) is 4.79 Å². The van der Waals surface area contributed by atoms with Gasteiger partial charge in [0.25, 0.3) is 11.8 Å². The van der Waals surface area contributed by atoms with Crippen LogP contribution in [0.1, 0.15) is 22.8 Å². The van der Waals surface area contributed by atoms with E-state index in [1.807, 2.05) is 24.3 Å². The molecule has 9 heteroatoms. The van der Waals surface area contributed by atoms with Crippen LogP contribution >= 0.6 is 0 Å². The Morgan fingerprint density at radius 3 is 2.32 bits per heavy atom. The monoisotopic (exact) mass is 430 g/mol. The number of nitrogens with two attached hydrogens (primary N) is 1. The number of ether oxygens (including phenoxy) is 4. The van der Waals surface area contributed by atoms with E-state index >= 15 is 0 Å². The van der Waals surface area contributed by atoms with E-state index in [-0.39, 0.29) is 23.7 Å². The molecule has 0 aliphatic carbocycles. The number of primary amides is 1. The van der Waals surface area contributed by atoms with Gasteiger partial charge in [-0.3, -0.25) is 9.59 Å². The number of amides is 2. The molecule has 2 amide bonds. The van der Waals surface area contributed by atoms with Gasteiger partial charge < -0.3 is 30.0 Å². The summed E-state index contributed by atoms with van der Waals surface area (Å²) in [6, 6.07) is 11.8. The third-order valence-electron chi connectivity index (χ3n) is 4.29. The Kier molecular flexibility index (Phi) is 8.68. The molecule has 0 spiro atoms. The zero-order valence-corrected chi connectivity index (χ0v) is 17.7. The van der Waals surface area contributed by atoms with Crippen molar-refractivity contribution in [1.82, 2.24) is 5.32 Å². The average molecular weight is 430 g/mol. The topological polar surface area (TPSA) is 126 Å². The second-order valence-corrected chi connectivity index (χ2v) is 6.56. The van der Waals surface area contributed by atoms with E-state index in [4.69, 9.17) is 24.7 Å². The Morgan fingerprint density at radius 1 is 1.00 bits per heavy atom. The van der Waals surface area contributed by atoms with E-state index in [2.05, 4.69) is 5.32 Å². The molecular formula is C22H26N2O7. The summed E-state index contributed by atoms with van der Waals surface area (Å²) in [5.41, 5.74) is 6.26. The molecule has 0 saturated carbocycles. The van der Waals surface area contributed by atoms with E-state index in [1.165, 1.54) is 32.2 Å². The van der Waals surface area contributed by atoms with Crippen LogP contribution in [0.2, 0.25) is 0 Å². The van der Waals surface area contributed by atoms with Crippen molar-refractivity contribution < 1.29 is 33.3 Å². The van der Waals surface area contributed by atoms with Crippen LogP contribution in [0.3, 0.4) is 0 Å². The van der Waals surface area contributed by atoms with E-state index in [0.29, 0.717) is 13.0 Å². The first-order chi connectivity index (χ1) is 14.8. The Labute approximate surface area is 180 Å². The third kappa shape index (κ3) is 7.22. The minimum atomic E-state index is -0.986. The number of nitrogens with one attached hydrogen (secondary N) is 1. The standard InChI is InChI=1S/C22H26N2O7/c1-14(21(26)24-11-10-15-4-7-17(28-2)8-5-15)31-22(27)16-6-9-18(19(12-16)29-3)30-13-20(23)25/h4-9,12,14H,10-11,13H2,1-3H3,(H2,23,25)(H,24,26). The van der Waals surface area contributed by atoms with Gasteiger partial charge in [-0.05, 0) is 49.2 Å². The Hall–Kier alpha value is -3.75. The molecule has 31 heavy (non-hydrogen) atoms. The Bertz CT molecular complexity index is 913. The molecular weight excluding hydrogens is 404 g/mol. The number of methoxy groups -OCH3 is 2. The lowest BCUT2D eigenvalue weighted by molar-refractivity contribution is -0.129. The smallest absolute Gasteiger partial charge is 0.339 e. The van der Waals surface area contributed by atoms with Crippen LogP contribution in [0, 0.1) is 0 Å². The molecule has 0 fully saturated rings. The summed E-state index contributed by atoms with van der Waals surface area (Å²) < 4.78 is 20.7. The maximum absolute atomic E-state index is 12.4. The number of hydrogen-bond donors (Lipinski definition) is 2. The van der Waals surface area contributed by atoms with Crippen molar-refractivity contribution >= 4 is 17.8 Å². The fourth-order valence-electron chi connectivity index (χ4n) is 2.61. The van der Waals surface area contributed by atoms with Crippen molar-refractivity contribution in [3.8, 4) is 17.2 Å². The number of carbonyl (C=O) groups excluding carboxylic acids is 3. The van der Waals surface area contributed by atoms with Crippen LogP contribution < -0.4 is 25.3 Å². The molecule has 0 aliphatic heterocycles. The van der Waals surface area contributed by atoms with E-state index in [9.17, 15) is 14.4 Å². The van der Waals surface area contributed by atoms with E-state index < -0.39 is 23.9 Å². The average Bonchev–Trinajstić information content (AvgIpc) is 2.77. The van der Waals surface area contributed by atoms with Gasteiger partial charge in [-0.2, -0.15) is 0 Å². The normalized spacial score (nSPS) is 11.2. The molecule has 3 N–H and O–H groups in total. The summed E-state index contributed by atoms with van der Waals surface area (Å²) in [6.07, 6.45) is -0.361. The van der Waals surface area contributed by atoms with Crippen LogP contribution in [-0.4, -0.2) is 51.3 Å². The van der Waals surface area contributed by atoms with Crippen LogP contribution in [-0.2, 0) is 20.7 Å². The molecule has 1 atom stereocenters. The summed E-state index contributed by atoms with van der Waals surface area (Å²) in [7, 11) is 2.99. The number of rotatable bonds is 11. The van der Waals surface area contributed by atoms with Crippen LogP contribution in [0.4, 0.5) is 0 Å². The zero-order valence-electron chi connectivity index (χ0n) is 17.7. The lowest BCUT2D eigenvalue weighted by Crippen LogP contribution is -2.36. The predicted octanol–water partition coefficient (Wildman–Crippen LogP) is 1.47. The first-order valence-electron chi connectivity index (χ1n) is 9.54. The third-order valence-corrected chi connectivity index (χ3v) is 4.29. The number of hydrogen-bond acceptors (Lipinski definition) is 7. The van der Waals surface area contributed by atoms with Crippen LogP contribution in [0.25, 0.3) is 0 Å². The number of esters is 1. The summed E-state index contributed by atoms with van der Waals surface area (Å²) in [5.74, 6) is -0.503. The lowest BCUT2D eigenvalue weighted by atomic mass is 10.1. The van der Waals surface area contributed by atoms with Gasteiger partial charge in [0.15, 0.2) is 24.2 Å². The Balaban J connectivity index is 1.87. The molecule has 2 aromatic carbocycles. The number of benzene rings is 2. The molecule has 0 heterocycles. The van der Waals surface area contributed by atoms with E-state index in [1.54, 1.807) is 7.11 Å². The van der Waals surface area contributed by atoms with Crippen LogP contribution in [0.5, 0.6) is 17.2 Å². The largest absolute Gasteiger partial charge is 0.497 e. The van der Waals surface area contributed by atoms with Crippen molar-refractivity contribution in [3.05, 3.63) is 53.6 Å². The first-order valence-corrected chi connectivity index (χ1v) is 9.54. The summed E-state index contributed by atoms with van der Waals surface area (Å²) in [5, 5.41) is 2.74. The maximum Gasteiger partial charge on any atom is 0.339 e. The maximum atomic E-state index is 12.4. The van der Waals surface area contributed by atoms with Gasteiger partial charge in [0.1, 0.15) is 5.75 Å². The summed E-state index contributed by atoms with van der Waals surface area (Å²) in [4.78, 5) is 35.5. The molecule has 2 aromatic rings. The molecule has 166 valence electrons.